The number of ether oxygens (including phenoxy) is 1. The van der Waals surface area contributed by atoms with Gasteiger partial charge in [0.15, 0.2) is 0 Å². The van der Waals surface area contributed by atoms with E-state index in [0.717, 1.165) is 5.56 Å². The average Bonchev–Trinajstić information content (AvgIpc) is 2.86. The molecule has 0 radical (unpaired) electrons. The quantitative estimate of drug-likeness (QED) is 0.781. The number of hydrogen-bond acceptors (Lipinski definition) is 4. The van der Waals surface area contributed by atoms with Crippen LogP contribution in [0.5, 0.6) is 0 Å². The molecule has 1 aromatic carbocycles. The van der Waals surface area contributed by atoms with E-state index in [2.05, 4.69) is 4.90 Å². The Balaban J connectivity index is 1.91. The normalized spacial score (nSPS) is 22.3. The van der Waals surface area contributed by atoms with E-state index in [1.54, 1.807) is 24.1 Å². The zero-order chi connectivity index (χ0) is 19.3. The number of morpholine rings is 1. The molecule has 0 aliphatic carbocycles. The number of carbonyl (C=O) groups excluding carboxylic acids is 1. The number of fused-ring (bicyclic) bond motifs is 1. The van der Waals surface area contributed by atoms with Gasteiger partial charge >= 0.3 is 0 Å². The highest BCUT2D eigenvalue weighted by molar-refractivity contribution is 6.30. The largest absolute Gasteiger partial charge is 0.375 e. The number of hydrogen-bond donors (Lipinski definition) is 0. The van der Waals surface area contributed by atoms with E-state index in [0.29, 0.717) is 47.4 Å². The van der Waals surface area contributed by atoms with Crippen LogP contribution in [-0.2, 0) is 4.74 Å². The number of anilines is 1. The van der Waals surface area contributed by atoms with E-state index < -0.39 is 5.82 Å². The molecule has 0 bridgehead atoms. The monoisotopic (exact) mass is 389 g/mol. The van der Waals surface area contributed by atoms with Gasteiger partial charge in [-0.1, -0.05) is 11.6 Å². The maximum absolute atomic E-state index is 14.7. The Bertz CT molecular complexity index is 920. The highest BCUT2D eigenvalue weighted by Gasteiger charge is 2.36. The molecular weight excluding hydrogens is 369 g/mol. The van der Waals surface area contributed by atoms with Crippen LogP contribution < -0.4 is 4.90 Å². The zero-order valence-electron chi connectivity index (χ0n) is 15.5. The third kappa shape index (κ3) is 3.07. The van der Waals surface area contributed by atoms with E-state index >= 15 is 0 Å². The van der Waals surface area contributed by atoms with E-state index in [1.165, 1.54) is 6.07 Å². The molecule has 2 aromatic rings. The molecule has 5 nitrogen and oxygen atoms in total. The van der Waals surface area contributed by atoms with Gasteiger partial charge in [0.05, 0.1) is 30.0 Å². The van der Waals surface area contributed by atoms with Crippen molar-refractivity contribution in [1.29, 1.82) is 0 Å². The summed E-state index contributed by atoms with van der Waals surface area (Å²) in [5.41, 5.74) is 2.20. The van der Waals surface area contributed by atoms with Gasteiger partial charge in [0.1, 0.15) is 11.6 Å². The van der Waals surface area contributed by atoms with Crippen LogP contribution in [0.4, 0.5) is 10.2 Å². The van der Waals surface area contributed by atoms with E-state index in [9.17, 15) is 9.18 Å². The van der Waals surface area contributed by atoms with Crippen LogP contribution >= 0.6 is 11.6 Å². The number of nitrogens with zero attached hydrogens (tertiary/aromatic N) is 3. The van der Waals surface area contributed by atoms with Crippen molar-refractivity contribution in [2.24, 2.45) is 0 Å². The average molecular weight is 390 g/mol. The van der Waals surface area contributed by atoms with Crippen LogP contribution in [0.1, 0.15) is 35.8 Å². The van der Waals surface area contributed by atoms with Crippen LogP contribution in [0.15, 0.2) is 24.3 Å². The van der Waals surface area contributed by atoms with Crippen molar-refractivity contribution >= 4 is 23.3 Å². The van der Waals surface area contributed by atoms with Crippen LogP contribution in [0.25, 0.3) is 11.3 Å². The number of amides is 1. The third-order valence-electron chi connectivity index (χ3n) is 5.35. The summed E-state index contributed by atoms with van der Waals surface area (Å²) in [4.78, 5) is 21.3. The predicted molar refractivity (Wildman–Crippen MR) is 103 cm³/mol. The lowest BCUT2D eigenvalue weighted by Crippen LogP contribution is -2.41. The summed E-state index contributed by atoms with van der Waals surface area (Å²) >= 11 is 5.92. The SMILES string of the molecule is CC1c2c(cc(N3CCO[C@@H](C)C3)nc2-c2ccc(Cl)cc2F)C(=O)N1C. The lowest BCUT2D eigenvalue weighted by atomic mass is 9.98. The highest BCUT2D eigenvalue weighted by atomic mass is 35.5. The molecule has 3 heterocycles. The molecule has 4 rings (SSSR count). The second-order valence-corrected chi connectivity index (χ2v) is 7.57. The van der Waals surface area contributed by atoms with Crippen molar-refractivity contribution in [2.45, 2.75) is 26.0 Å². The molecule has 0 N–H and O–H groups in total. The Kier molecular flexibility index (Phi) is 4.56. The molecule has 2 atom stereocenters. The molecule has 142 valence electrons. The fourth-order valence-corrected chi connectivity index (χ4v) is 3.93. The lowest BCUT2D eigenvalue weighted by molar-refractivity contribution is 0.0529. The molecular formula is C20H21ClFN3O2. The standard InChI is InChI=1S/C20H21ClFN3O2/c1-11-10-25(6-7-27-11)17-9-15-18(12(2)24(3)20(15)26)19(23-17)14-5-4-13(21)8-16(14)22/h4-5,8-9,11-12H,6-7,10H2,1-3H3/t11-,12?/m0/s1. The number of aromatic nitrogens is 1. The molecule has 1 saturated heterocycles. The van der Waals surface area contributed by atoms with Gasteiger partial charge < -0.3 is 14.5 Å². The molecule has 7 heteroatoms. The van der Waals surface area contributed by atoms with Crippen molar-refractivity contribution < 1.29 is 13.9 Å². The minimum atomic E-state index is -0.445. The Morgan fingerprint density at radius 2 is 2.04 bits per heavy atom. The Hall–Kier alpha value is -2.18. The first-order valence-corrected chi connectivity index (χ1v) is 9.38. The van der Waals surface area contributed by atoms with Crippen molar-refractivity contribution in [3.05, 3.63) is 46.2 Å². The number of pyridine rings is 1. The first-order chi connectivity index (χ1) is 12.9. The summed E-state index contributed by atoms with van der Waals surface area (Å²) in [6.45, 7) is 5.88. The summed E-state index contributed by atoms with van der Waals surface area (Å²) in [6.07, 6.45) is 0.0711. The van der Waals surface area contributed by atoms with E-state index in [-0.39, 0.29) is 18.1 Å². The fraction of sp³-hybridized carbons (Fsp3) is 0.400. The Morgan fingerprint density at radius 3 is 2.74 bits per heavy atom. The summed E-state index contributed by atoms with van der Waals surface area (Å²) < 4.78 is 20.3. The minimum absolute atomic E-state index is 0.0711. The van der Waals surface area contributed by atoms with Crippen LogP contribution in [0, 0.1) is 5.82 Å². The maximum Gasteiger partial charge on any atom is 0.254 e. The summed E-state index contributed by atoms with van der Waals surface area (Å²) in [5, 5.41) is 0.326. The first kappa shape index (κ1) is 18.2. The summed E-state index contributed by atoms with van der Waals surface area (Å²) in [5.74, 6) is 0.154. The molecule has 2 aliphatic rings. The fourth-order valence-electron chi connectivity index (χ4n) is 3.78. The molecule has 1 unspecified atom stereocenters. The molecule has 0 spiro atoms. The van der Waals surface area contributed by atoms with Crippen LogP contribution in [-0.4, -0.2) is 48.6 Å². The number of benzene rings is 1. The first-order valence-electron chi connectivity index (χ1n) is 9.01. The molecule has 1 aromatic heterocycles. The third-order valence-corrected chi connectivity index (χ3v) is 5.58. The van der Waals surface area contributed by atoms with Gasteiger partial charge in [-0.3, -0.25) is 4.79 Å². The highest BCUT2D eigenvalue weighted by Crippen LogP contribution is 2.41. The van der Waals surface area contributed by atoms with Crippen molar-refractivity contribution in [3.63, 3.8) is 0 Å². The molecule has 2 aliphatic heterocycles. The van der Waals surface area contributed by atoms with Crippen LogP contribution in [0.3, 0.4) is 0 Å². The minimum Gasteiger partial charge on any atom is -0.375 e. The zero-order valence-corrected chi connectivity index (χ0v) is 16.3. The second-order valence-electron chi connectivity index (χ2n) is 7.13. The number of carbonyl (C=O) groups is 1. The lowest BCUT2D eigenvalue weighted by Gasteiger charge is -2.32. The predicted octanol–water partition coefficient (Wildman–Crippen LogP) is 3.91. The van der Waals surface area contributed by atoms with Crippen molar-refractivity contribution in [1.82, 2.24) is 9.88 Å². The Labute approximate surface area is 162 Å². The van der Waals surface area contributed by atoms with Crippen molar-refractivity contribution in [2.75, 3.05) is 31.6 Å². The van der Waals surface area contributed by atoms with E-state index in [4.69, 9.17) is 21.3 Å². The van der Waals surface area contributed by atoms with Gasteiger partial charge in [0.2, 0.25) is 0 Å². The van der Waals surface area contributed by atoms with E-state index in [1.807, 2.05) is 19.9 Å². The second kappa shape index (κ2) is 6.77. The molecule has 1 fully saturated rings. The molecule has 0 saturated carbocycles. The van der Waals surface area contributed by atoms with Gasteiger partial charge in [0.25, 0.3) is 5.91 Å². The number of halogens is 2. The Morgan fingerprint density at radius 1 is 1.26 bits per heavy atom. The molecule has 1 amide bonds. The molecule has 27 heavy (non-hydrogen) atoms. The van der Waals surface area contributed by atoms with Crippen LogP contribution in [0.2, 0.25) is 5.02 Å². The van der Waals surface area contributed by atoms with Crippen molar-refractivity contribution in [3.8, 4) is 11.3 Å². The smallest absolute Gasteiger partial charge is 0.254 e. The summed E-state index contributed by atoms with van der Waals surface area (Å²) in [6, 6.07) is 6.19. The van der Waals surface area contributed by atoms with Gasteiger partial charge in [-0.2, -0.15) is 0 Å². The van der Waals surface area contributed by atoms with Gasteiger partial charge in [0, 0.05) is 36.3 Å². The topological polar surface area (TPSA) is 45.7 Å². The number of rotatable bonds is 2. The van der Waals surface area contributed by atoms with Gasteiger partial charge in [-0.25, -0.2) is 9.37 Å². The van der Waals surface area contributed by atoms with Gasteiger partial charge in [-0.15, -0.1) is 0 Å². The maximum atomic E-state index is 14.7. The van der Waals surface area contributed by atoms with Gasteiger partial charge in [-0.05, 0) is 38.1 Å². The summed E-state index contributed by atoms with van der Waals surface area (Å²) in [7, 11) is 1.76.